The van der Waals surface area contributed by atoms with Gasteiger partial charge in [-0.25, -0.2) is 0 Å². The molecular formula is C13H16O. The summed E-state index contributed by atoms with van der Waals surface area (Å²) in [5.74, 6) is 1.91. The van der Waals surface area contributed by atoms with Gasteiger partial charge in [0.1, 0.15) is 0 Å². The van der Waals surface area contributed by atoms with Crippen molar-refractivity contribution in [1.29, 1.82) is 0 Å². The first-order valence-corrected chi connectivity index (χ1v) is 5.77. The van der Waals surface area contributed by atoms with E-state index in [1.807, 2.05) is 6.08 Å². The van der Waals surface area contributed by atoms with Crippen LogP contribution < -0.4 is 0 Å². The summed E-state index contributed by atoms with van der Waals surface area (Å²) in [6, 6.07) is 0. The predicted molar refractivity (Wildman–Crippen MR) is 55.9 cm³/mol. The highest BCUT2D eigenvalue weighted by Gasteiger charge is 2.34. The molecule has 0 radical (unpaired) electrons. The topological polar surface area (TPSA) is 17.1 Å². The van der Waals surface area contributed by atoms with Crippen molar-refractivity contribution in [2.75, 3.05) is 0 Å². The van der Waals surface area contributed by atoms with Gasteiger partial charge in [-0.1, -0.05) is 25.0 Å². The van der Waals surface area contributed by atoms with E-state index < -0.39 is 0 Å². The largest absolute Gasteiger partial charge is 0.294 e. The molecule has 3 aliphatic carbocycles. The lowest BCUT2D eigenvalue weighted by Crippen LogP contribution is -2.28. The van der Waals surface area contributed by atoms with Gasteiger partial charge in [0.25, 0.3) is 0 Å². The second kappa shape index (κ2) is 3.08. The normalized spacial score (nSPS) is 35.9. The number of ketones is 1. The number of allylic oxidation sites excluding steroid dienone is 4. The molecule has 14 heavy (non-hydrogen) atoms. The second-order valence-corrected chi connectivity index (χ2v) is 4.90. The van der Waals surface area contributed by atoms with E-state index in [0.29, 0.717) is 18.1 Å². The van der Waals surface area contributed by atoms with Gasteiger partial charge >= 0.3 is 0 Å². The van der Waals surface area contributed by atoms with Crippen LogP contribution in [0, 0.1) is 11.8 Å². The Morgan fingerprint density at radius 3 is 3.14 bits per heavy atom. The van der Waals surface area contributed by atoms with Gasteiger partial charge in [-0.3, -0.25) is 4.79 Å². The molecule has 1 heteroatoms. The maximum absolute atomic E-state index is 11.8. The molecule has 1 fully saturated rings. The summed E-state index contributed by atoms with van der Waals surface area (Å²) in [4.78, 5) is 11.8. The first kappa shape index (κ1) is 8.46. The third kappa shape index (κ3) is 1.18. The minimum absolute atomic E-state index is 0.410. The van der Waals surface area contributed by atoms with Gasteiger partial charge in [0.05, 0.1) is 0 Å². The number of fused-ring (bicyclic) bond motifs is 3. The van der Waals surface area contributed by atoms with Gasteiger partial charge in [0, 0.05) is 12.0 Å². The van der Waals surface area contributed by atoms with E-state index in [1.165, 1.54) is 43.3 Å². The molecule has 0 spiro atoms. The molecule has 0 aromatic heterocycles. The number of rotatable bonds is 0. The van der Waals surface area contributed by atoms with Crippen molar-refractivity contribution in [2.45, 2.75) is 38.5 Å². The molecule has 2 bridgehead atoms. The third-order valence-electron chi connectivity index (χ3n) is 3.97. The van der Waals surface area contributed by atoms with Crippen LogP contribution in [0.4, 0.5) is 0 Å². The van der Waals surface area contributed by atoms with Crippen molar-refractivity contribution >= 4 is 5.78 Å². The third-order valence-corrected chi connectivity index (χ3v) is 3.97. The molecule has 0 aromatic carbocycles. The van der Waals surface area contributed by atoms with Gasteiger partial charge in [-0.05, 0) is 36.7 Å². The molecular weight excluding hydrogens is 172 g/mol. The Labute approximate surface area is 84.9 Å². The summed E-state index contributed by atoms with van der Waals surface area (Å²) in [5.41, 5.74) is 2.59. The van der Waals surface area contributed by atoms with E-state index in [1.54, 1.807) is 0 Å². The molecule has 0 aromatic rings. The average Bonchev–Trinajstić information content (AvgIpc) is 2.17. The summed E-state index contributed by atoms with van der Waals surface area (Å²) >= 11 is 0. The lowest BCUT2D eigenvalue weighted by atomic mass is 9.67. The van der Waals surface area contributed by atoms with Crippen LogP contribution in [0.3, 0.4) is 0 Å². The predicted octanol–water partition coefficient (Wildman–Crippen LogP) is 3.02. The van der Waals surface area contributed by atoms with E-state index >= 15 is 0 Å². The Morgan fingerprint density at radius 1 is 1.29 bits per heavy atom. The van der Waals surface area contributed by atoms with Crippen molar-refractivity contribution in [3.63, 3.8) is 0 Å². The van der Waals surface area contributed by atoms with Crippen LogP contribution in [0.15, 0.2) is 23.3 Å². The average molecular weight is 188 g/mol. The molecule has 1 saturated carbocycles. The standard InChI is InChI=1S/C13H16O/c14-12-6-2-5-11-8-9-3-1-4-10(7-9)13(11)12/h2,5,9-10H,1,3-4,6-8H2. The van der Waals surface area contributed by atoms with Gasteiger partial charge in [-0.2, -0.15) is 0 Å². The molecule has 0 heterocycles. The molecule has 3 aliphatic rings. The zero-order chi connectivity index (χ0) is 9.54. The summed E-state index contributed by atoms with van der Waals surface area (Å²) < 4.78 is 0. The van der Waals surface area contributed by atoms with Crippen molar-refractivity contribution in [2.24, 2.45) is 11.8 Å². The summed E-state index contributed by atoms with van der Waals surface area (Å²) in [6.45, 7) is 0. The van der Waals surface area contributed by atoms with Crippen molar-refractivity contribution in [3.05, 3.63) is 23.3 Å². The van der Waals surface area contributed by atoms with Crippen LogP contribution in [-0.4, -0.2) is 5.78 Å². The smallest absolute Gasteiger partial charge is 0.163 e. The Kier molecular flexibility index (Phi) is 1.86. The van der Waals surface area contributed by atoms with Crippen molar-refractivity contribution in [3.8, 4) is 0 Å². The first-order valence-electron chi connectivity index (χ1n) is 5.77. The highest BCUT2D eigenvalue weighted by molar-refractivity contribution is 5.99. The molecule has 1 nitrogen and oxygen atoms in total. The Morgan fingerprint density at radius 2 is 2.21 bits per heavy atom. The minimum Gasteiger partial charge on any atom is -0.294 e. The van der Waals surface area contributed by atoms with Crippen LogP contribution in [0.5, 0.6) is 0 Å². The van der Waals surface area contributed by atoms with Crippen LogP contribution in [0.2, 0.25) is 0 Å². The number of hydrogen-bond donors (Lipinski definition) is 0. The van der Waals surface area contributed by atoms with Gasteiger partial charge in [-0.15, -0.1) is 0 Å². The summed E-state index contributed by atoms with van der Waals surface area (Å²) in [7, 11) is 0. The summed E-state index contributed by atoms with van der Waals surface area (Å²) in [6.07, 6.45) is 11.4. The second-order valence-electron chi connectivity index (χ2n) is 4.90. The SMILES string of the molecule is O=C1CC=CC2=C1C1CCCC(C2)C1. The van der Waals surface area contributed by atoms with Crippen LogP contribution >= 0.6 is 0 Å². The van der Waals surface area contributed by atoms with E-state index in [0.717, 1.165) is 5.92 Å². The van der Waals surface area contributed by atoms with Gasteiger partial charge in [0.15, 0.2) is 5.78 Å². The zero-order valence-corrected chi connectivity index (χ0v) is 8.46. The van der Waals surface area contributed by atoms with E-state index in [9.17, 15) is 4.79 Å². The monoisotopic (exact) mass is 188 g/mol. The number of hydrogen-bond acceptors (Lipinski definition) is 1. The molecule has 2 unspecified atom stereocenters. The molecule has 0 amide bonds. The lowest BCUT2D eigenvalue weighted by Gasteiger charge is -2.37. The van der Waals surface area contributed by atoms with E-state index in [4.69, 9.17) is 0 Å². The maximum Gasteiger partial charge on any atom is 0.163 e. The van der Waals surface area contributed by atoms with Crippen molar-refractivity contribution in [1.82, 2.24) is 0 Å². The van der Waals surface area contributed by atoms with Crippen LogP contribution in [-0.2, 0) is 4.79 Å². The number of Topliss-reactive ketones (excluding diaryl/α,β-unsaturated/α-hetero) is 1. The van der Waals surface area contributed by atoms with Crippen LogP contribution in [0.1, 0.15) is 38.5 Å². The summed E-state index contributed by atoms with van der Waals surface area (Å²) in [5, 5.41) is 0. The first-order chi connectivity index (χ1) is 6.84. The highest BCUT2D eigenvalue weighted by atomic mass is 16.1. The number of carbonyl (C=O) groups excluding carboxylic acids is 1. The van der Waals surface area contributed by atoms with Crippen molar-refractivity contribution < 1.29 is 4.79 Å². The fourth-order valence-corrected chi connectivity index (χ4v) is 3.40. The molecule has 2 atom stereocenters. The Bertz CT molecular complexity index is 335. The fraction of sp³-hybridized carbons (Fsp3) is 0.615. The molecule has 0 aliphatic heterocycles. The molecule has 0 saturated heterocycles. The number of carbonyl (C=O) groups is 1. The van der Waals surface area contributed by atoms with Crippen LogP contribution in [0.25, 0.3) is 0 Å². The lowest BCUT2D eigenvalue weighted by molar-refractivity contribution is -0.115. The quantitative estimate of drug-likeness (QED) is 0.571. The van der Waals surface area contributed by atoms with E-state index in [-0.39, 0.29) is 0 Å². The zero-order valence-electron chi connectivity index (χ0n) is 8.46. The Balaban J connectivity index is 2.03. The van der Waals surface area contributed by atoms with E-state index in [2.05, 4.69) is 6.08 Å². The Hall–Kier alpha value is -0.850. The molecule has 74 valence electrons. The maximum atomic E-state index is 11.8. The fourth-order valence-electron chi connectivity index (χ4n) is 3.40. The van der Waals surface area contributed by atoms with Gasteiger partial charge < -0.3 is 0 Å². The molecule has 3 rings (SSSR count). The molecule has 0 N–H and O–H groups in total. The highest BCUT2D eigenvalue weighted by Crippen LogP contribution is 2.45. The minimum atomic E-state index is 0.410. The van der Waals surface area contributed by atoms with Gasteiger partial charge in [0.2, 0.25) is 0 Å².